The highest BCUT2D eigenvalue weighted by atomic mass is 35.5. The van der Waals surface area contributed by atoms with Gasteiger partial charge in [-0.15, -0.1) is 12.4 Å². The second-order valence-corrected chi connectivity index (χ2v) is 3.96. The molecule has 0 radical (unpaired) electrons. The predicted octanol–water partition coefficient (Wildman–Crippen LogP) is 2.21. The van der Waals surface area contributed by atoms with Crippen molar-refractivity contribution in [3.8, 4) is 11.4 Å². The van der Waals surface area contributed by atoms with Gasteiger partial charge in [0, 0.05) is 18.3 Å². The average Bonchev–Trinajstić information content (AvgIpc) is 2.39. The molecule has 1 aromatic carbocycles. The molecule has 0 saturated carbocycles. The van der Waals surface area contributed by atoms with E-state index >= 15 is 0 Å². The smallest absolute Gasteiger partial charge is 0.159 e. The van der Waals surface area contributed by atoms with E-state index in [9.17, 15) is 0 Å². The zero-order chi connectivity index (χ0) is 10.8. The summed E-state index contributed by atoms with van der Waals surface area (Å²) in [5.74, 6) is 0.822. The Labute approximate surface area is 107 Å². The van der Waals surface area contributed by atoms with Gasteiger partial charge in [0.05, 0.1) is 5.69 Å². The van der Waals surface area contributed by atoms with Gasteiger partial charge in [0.2, 0.25) is 0 Å². The maximum absolute atomic E-state index is 4.61. The standard InChI is InChI=1S/C13H13N3.ClH/c1-2-4-10(5-3-1)13-15-8-11-6-7-14-9-12(11)16-13;/h1-5,8,14H,6-7,9H2;1H. The average molecular weight is 248 g/mol. The van der Waals surface area contributed by atoms with Crippen molar-refractivity contribution in [3.63, 3.8) is 0 Å². The van der Waals surface area contributed by atoms with Crippen LogP contribution in [0.4, 0.5) is 0 Å². The Kier molecular flexibility index (Phi) is 3.71. The van der Waals surface area contributed by atoms with Crippen molar-refractivity contribution in [2.75, 3.05) is 6.54 Å². The summed E-state index contributed by atoms with van der Waals surface area (Å²) >= 11 is 0. The molecule has 3 rings (SSSR count). The Morgan fingerprint density at radius 3 is 2.76 bits per heavy atom. The lowest BCUT2D eigenvalue weighted by Gasteiger charge is -2.15. The van der Waals surface area contributed by atoms with Crippen LogP contribution in [0.1, 0.15) is 11.3 Å². The fraction of sp³-hybridized carbons (Fsp3) is 0.231. The van der Waals surface area contributed by atoms with Crippen LogP contribution >= 0.6 is 12.4 Å². The Morgan fingerprint density at radius 2 is 1.94 bits per heavy atom. The van der Waals surface area contributed by atoms with Crippen molar-refractivity contribution in [1.82, 2.24) is 15.3 Å². The first-order valence-corrected chi connectivity index (χ1v) is 5.54. The molecular formula is C13H14ClN3. The molecule has 0 spiro atoms. The Hall–Kier alpha value is -1.45. The van der Waals surface area contributed by atoms with Gasteiger partial charge in [0.1, 0.15) is 0 Å². The van der Waals surface area contributed by atoms with Crippen molar-refractivity contribution < 1.29 is 0 Å². The van der Waals surface area contributed by atoms with Gasteiger partial charge in [-0.2, -0.15) is 0 Å². The highest BCUT2D eigenvalue weighted by Gasteiger charge is 2.11. The summed E-state index contributed by atoms with van der Waals surface area (Å²) in [6.07, 6.45) is 3.00. The number of nitrogens with one attached hydrogen (secondary N) is 1. The molecule has 1 aliphatic heterocycles. The van der Waals surface area contributed by atoms with Gasteiger partial charge in [0.15, 0.2) is 5.82 Å². The zero-order valence-electron chi connectivity index (χ0n) is 9.39. The third-order valence-electron chi connectivity index (χ3n) is 2.85. The molecule has 4 heteroatoms. The molecule has 2 aromatic rings. The molecular weight excluding hydrogens is 234 g/mol. The van der Waals surface area contributed by atoms with Crippen LogP contribution in [0.15, 0.2) is 36.5 Å². The molecule has 0 aliphatic carbocycles. The fourth-order valence-corrected chi connectivity index (χ4v) is 1.96. The van der Waals surface area contributed by atoms with Crippen LogP contribution in [0, 0.1) is 0 Å². The van der Waals surface area contributed by atoms with Crippen LogP contribution < -0.4 is 5.32 Å². The molecule has 0 atom stereocenters. The molecule has 17 heavy (non-hydrogen) atoms. The number of nitrogens with zero attached hydrogens (tertiary/aromatic N) is 2. The van der Waals surface area contributed by atoms with Crippen molar-refractivity contribution in [2.45, 2.75) is 13.0 Å². The van der Waals surface area contributed by atoms with Crippen LogP contribution in [0.5, 0.6) is 0 Å². The van der Waals surface area contributed by atoms with E-state index in [2.05, 4.69) is 15.3 Å². The molecule has 0 amide bonds. The lowest BCUT2D eigenvalue weighted by Crippen LogP contribution is -2.25. The summed E-state index contributed by atoms with van der Waals surface area (Å²) in [6, 6.07) is 10.1. The monoisotopic (exact) mass is 247 g/mol. The molecule has 0 unspecified atom stereocenters. The molecule has 1 N–H and O–H groups in total. The number of aromatic nitrogens is 2. The predicted molar refractivity (Wildman–Crippen MR) is 70.1 cm³/mol. The molecule has 1 aliphatic rings. The van der Waals surface area contributed by atoms with Crippen molar-refractivity contribution in [1.29, 1.82) is 0 Å². The number of fused-ring (bicyclic) bond motifs is 1. The van der Waals surface area contributed by atoms with Gasteiger partial charge >= 0.3 is 0 Å². The van der Waals surface area contributed by atoms with Crippen molar-refractivity contribution in [3.05, 3.63) is 47.8 Å². The summed E-state index contributed by atoms with van der Waals surface area (Å²) in [5.41, 5.74) is 3.49. The van der Waals surface area contributed by atoms with Gasteiger partial charge in [-0.1, -0.05) is 30.3 Å². The van der Waals surface area contributed by atoms with E-state index in [-0.39, 0.29) is 12.4 Å². The van der Waals surface area contributed by atoms with Gasteiger partial charge in [-0.05, 0) is 18.5 Å². The first kappa shape index (κ1) is 12.0. The first-order chi connectivity index (χ1) is 7.93. The van der Waals surface area contributed by atoms with Gasteiger partial charge in [-0.25, -0.2) is 9.97 Å². The third kappa shape index (κ3) is 2.46. The van der Waals surface area contributed by atoms with E-state index in [1.807, 2.05) is 36.5 Å². The van der Waals surface area contributed by atoms with E-state index in [0.29, 0.717) is 0 Å². The van der Waals surface area contributed by atoms with Crippen LogP contribution in [0.3, 0.4) is 0 Å². The van der Waals surface area contributed by atoms with E-state index in [1.54, 1.807) is 0 Å². The highest BCUT2D eigenvalue weighted by Crippen LogP contribution is 2.17. The van der Waals surface area contributed by atoms with E-state index in [1.165, 1.54) is 5.56 Å². The quantitative estimate of drug-likeness (QED) is 0.840. The van der Waals surface area contributed by atoms with Crippen molar-refractivity contribution >= 4 is 12.4 Å². The Bertz CT molecular complexity index is 499. The number of halogens is 1. The van der Waals surface area contributed by atoms with Gasteiger partial charge < -0.3 is 5.32 Å². The van der Waals surface area contributed by atoms with Crippen LogP contribution in [-0.4, -0.2) is 16.5 Å². The number of benzene rings is 1. The second-order valence-electron chi connectivity index (χ2n) is 3.96. The van der Waals surface area contributed by atoms with Crippen molar-refractivity contribution in [2.24, 2.45) is 0 Å². The molecule has 0 saturated heterocycles. The first-order valence-electron chi connectivity index (χ1n) is 5.54. The SMILES string of the molecule is Cl.c1ccc(-c2ncc3c(n2)CNCC3)cc1. The minimum atomic E-state index is 0. The largest absolute Gasteiger partial charge is 0.311 e. The maximum atomic E-state index is 4.61. The van der Waals surface area contributed by atoms with Crippen LogP contribution in [0.2, 0.25) is 0 Å². The number of hydrogen-bond donors (Lipinski definition) is 1. The normalized spacial score (nSPS) is 13.6. The van der Waals surface area contributed by atoms with Crippen LogP contribution in [0.25, 0.3) is 11.4 Å². The molecule has 88 valence electrons. The zero-order valence-corrected chi connectivity index (χ0v) is 10.2. The highest BCUT2D eigenvalue weighted by molar-refractivity contribution is 5.85. The molecule has 0 bridgehead atoms. The minimum Gasteiger partial charge on any atom is -0.311 e. The molecule has 2 heterocycles. The van der Waals surface area contributed by atoms with E-state index in [0.717, 1.165) is 36.6 Å². The third-order valence-corrected chi connectivity index (χ3v) is 2.85. The number of rotatable bonds is 1. The maximum Gasteiger partial charge on any atom is 0.159 e. The fourth-order valence-electron chi connectivity index (χ4n) is 1.96. The summed E-state index contributed by atoms with van der Waals surface area (Å²) in [7, 11) is 0. The Morgan fingerprint density at radius 1 is 1.12 bits per heavy atom. The van der Waals surface area contributed by atoms with Gasteiger partial charge in [-0.3, -0.25) is 0 Å². The lowest BCUT2D eigenvalue weighted by molar-refractivity contribution is 0.624. The Balaban J connectivity index is 0.00000108. The van der Waals surface area contributed by atoms with Crippen LogP contribution in [-0.2, 0) is 13.0 Å². The topological polar surface area (TPSA) is 37.8 Å². The summed E-state index contributed by atoms with van der Waals surface area (Å²) in [6.45, 7) is 1.89. The number of hydrogen-bond acceptors (Lipinski definition) is 3. The van der Waals surface area contributed by atoms with E-state index in [4.69, 9.17) is 0 Å². The second kappa shape index (κ2) is 5.25. The minimum absolute atomic E-state index is 0. The van der Waals surface area contributed by atoms with Gasteiger partial charge in [0.25, 0.3) is 0 Å². The molecule has 0 fully saturated rings. The summed E-state index contributed by atoms with van der Waals surface area (Å²) < 4.78 is 0. The summed E-state index contributed by atoms with van der Waals surface area (Å²) in [4.78, 5) is 9.03. The summed E-state index contributed by atoms with van der Waals surface area (Å²) in [5, 5.41) is 3.33. The van der Waals surface area contributed by atoms with E-state index < -0.39 is 0 Å². The lowest BCUT2D eigenvalue weighted by atomic mass is 10.1. The molecule has 1 aromatic heterocycles. The molecule has 3 nitrogen and oxygen atoms in total.